The van der Waals surface area contributed by atoms with Gasteiger partial charge in [-0.2, -0.15) is 0 Å². The van der Waals surface area contributed by atoms with Crippen molar-refractivity contribution in [3.05, 3.63) is 164 Å². The molecule has 0 aliphatic heterocycles. The van der Waals surface area contributed by atoms with Crippen LogP contribution >= 0.6 is 0 Å². The Morgan fingerprint density at radius 3 is 1.61 bits per heavy atom. The molecule has 0 saturated carbocycles. The van der Waals surface area contributed by atoms with Crippen LogP contribution in [0, 0.1) is 0 Å². The minimum Gasteiger partial charge on any atom is -0.310 e. The van der Waals surface area contributed by atoms with E-state index in [0.717, 1.165) is 17.1 Å². The maximum Gasteiger partial charge on any atom is 0.0468 e. The molecule has 8 aromatic rings. The molecule has 192 valence electrons. The molecule has 0 bridgehead atoms. The number of anilines is 3. The highest BCUT2D eigenvalue weighted by atomic mass is 15.1. The third-order valence-corrected chi connectivity index (χ3v) is 8.19. The van der Waals surface area contributed by atoms with Gasteiger partial charge in [-0.25, -0.2) is 0 Å². The first-order valence-corrected chi connectivity index (χ1v) is 14.1. The number of nitrogens with zero attached hydrogens (tertiary/aromatic N) is 1. The fourth-order valence-corrected chi connectivity index (χ4v) is 6.16. The number of hydrogen-bond donors (Lipinski definition) is 0. The zero-order valence-corrected chi connectivity index (χ0v) is 22.5. The van der Waals surface area contributed by atoms with Crippen molar-refractivity contribution in [1.29, 1.82) is 0 Å². The van der Waals surface area contributed by atoms with Crippen molar-refractivity contribution >= 4 is 60.2 Å². The molecule has 1 nitrogen and oxygen atoms in total. The van der Waals surface area contributed by atoms with E-state index in [1.807, 2.05) is 0 Å². The summed E-state index contributed by atoms with van der Waals surface area (Å²) >= 11 is 0. The fourth-order valence-electron chi connectivity index (χ4n) is 6.16. The van der Waals surface area contributed by atoms with Crippen molar-refractivity contribution < 1.29 is 0 Å². The van der Waals surface area contributed by atoms with E-state index in [0.29, 0.717) is 0 Å². The van der Waals surface area contributed by atoms with Gasteiger partial charge in [-0.1, -0.05) is 127 Å². The molecule has 0 saturated heterocycles. The summed E-state index contributed by atoms with van der Waals surface area (Å²) in [6.07, 6.45) is 0. The third kappa shape index (κ3) is 4.11. The normalized spacial score (nSPS) is 11.4. The Kier molecular flexibility index (Phi) is 5.53. The number of hydrogen-bond acceptors (Lipinski definition) is 1. The highest BCUT2D eigenvalue weighted by Gasteiger charge is 2.15. The van der Waals surface area contributed by atoms with Gasteiger partial charge >= 0.3 is 0 Å². The van der Waals surface area contributed by atoms with Gasteiger partial charge in [-0.3, -0.25) is 0 Å². The predicted octanol–water partition coefficient (Wildman–Crippen LogP) is 11.4. The SMILES string of the molecule is c1ccc(-c2ccc(N(c3ccc4ccccc4c3)c3ccc4c(ccc5ccc6ccccc6c54)c3)cc2)cc1. The lowest BCUT2D eigenvalue weighted by atomic mass is 9.96. The average molecular weight is 522 g/mol. The summed E-state index contributed by atoms with van der Waals surface area (Å²) in [4.78, 5) is 2.37. The highest BCUT2D eigenvalue weighted by Crippen LogP contribution is 2.40. The first-order valence-electron chi connectivity index (χ1n) is 14.1. The molecule has 0 heterocycles. The van der Waals surface area contributed by atoms with Gasteiger partial charge in [0.2, 0.25) is 0 Å². The smallest absolute Gasteiger partial charge is 0.0468 e. The molecule has 0 radical (unpaired) electrons. The van der Waals surface area contributed by atoms with E-state index in [9.17, 15) is 0 Å². The van der Waals surface area contributed by atoms with Crippen molar-refractivity contribution in [2.24, 2.45) is 0 Å². The molecule has 0 atom stereocenters. The van der Waals surface area contributed by atoms with Gasteiger partial charge in [-0.15, -0.1) is 0 Å². The van der Waals surface area contributed by atoms with Crippen molar-refractivity contribution in [3.8, 4) is 11.1 Å². The van der Waals surface area contributed by atoms with Crippen LogP contribution in [0.25, 0.3) is 54.2 Å². The Balaban J connectivity index is 1.32. The number of fused-ring (bicyclic) bond motifs is 6. The monoisotopic (exact) mass is 521 g/mol. The minimum absolute atomic E-state index is 1.13. The van der Waals surface area contributed by atoms with Crippen LogP contribution in [-0.2, 0) is 0 Å². The van der Waals surface area contributed by atoms with Crippen LogP contribution in [0.5, 0.6) is 0 Å². The largest absolute Gasteiger partial charge is 0.310 e. The molecule has 0 amide bonds. The van der Waals surface area contributed by atoms with Crippen LogP contribution in [0.4, 0.5) is 17.1 Å². The van der Waals surface area contributed by atoms with Crippen LogP contribution in [0.15, 0.2) is 164 Å². The first kappa shape index (κ1) is 23.5. The van der Waals surface area contributed by atoms with Crippen LogP contribution in [0.2, 0.25) is 0 Å². The molecule has 0 aliphatic rings. The standard InChI is InChI=1S/C40H27N/c1-2-8-28(9-3-1)30-18-21-35(22-19-30)41(36-23-20-29-10-4-5-12-33(29)26-36)37-24-25-39-34(27-37)17-16-32-15-14-31-11-6-7-13-38(31)40(32)39/h1-27H. The second kappa shape index (κ2) is 9.66. The third-order valence-electron chi connectivity index (χ3n) is 8.19. The van der Waals surface area contributed by atoms with Gasteiger partial charge in [0.15, 0.2) is 0 Å². The Morgan fingerprint density at radius 1 is 0.293 bits per heavy atom. The van der Waals surface area contributed by atoms with E-state index in [1.54, 1.807) is 0 Å². The summed E-state index contributed by atoms with van der Waals surface area (Å²) < 4.78 is 0. The van der Waals surface area contributed by atoms with Gasteiger partial charge in [0.05, 0.1) is 0 Å². The van der Waals surface area contributed by atoms with Crippen LogP contribution < -0.4 is 4.90 Å². The molecule has 0 aliphatic carbocycles. The van der Waals surface area contributed by atoms with E-state index >= 15 is 0 Å². The zero-order chi connectivity index (χ0) is 27.2. The second-order valence-corrected chi connectivity index (χ2v) is 10.6. The molecule has 8 aromatic carbocycles. The molecule has 0 unspecified atom stereocenters. The second-order valence-electron chi connectivity index (χ2n) is 10.6. The highest BCUT2D eigenvalue weighted by molar-refractivity contribution is 6.20. The molecule has 1 heteroatoms. The molecular formula is C40H27N. The molecule has 0 aromatic heterocycles. The maximum absolute atomic E-state index is 2.37. The average Bonchev–Trinajstić information content (AvgIpc) is 3.05. The summed E-state index contributed by atoms with van der Waals surface area (Å²) in [5.41, 5.74) is 5.85. The predicted molar refractivity (Wildman–Crippen MR) is 177 cm³/mol. The van der Waals surface area contributed by atoms with Crippen molar-refractivity contribution in [3.63, 3.8) is 0 Å². The zero-order valence-electron chi connectivity index (χ0n) is 22.5. The van der Waals surface area contributed by atoms with E-state index in [1.165, 1.54) is 54.2 Å². The summed E-state index contributed by atoms with van der Waals surface area (Å²) in [6, 6.07) is 59.3. The lowest BCUT2D eigenvalue weighted by Gasteiger charge is -2.26. The van der Waals surface area contributed by atoms with E-state index in [4.69, 9.17) is 0 Å². The van der Waals surface area contributed by atoms with Gasteiger partial charge in [0.1, 0.15) is 0 Å². The van der Waals surface area contributed by atoms with E-state index < -0.39 is 0 Å². The number of rotatable bonds is 4. The molecular weight excluding hydrogens is 494 g/mol. The van der Waals surface area contributed by atoms with Gasteiger partial charge in [0, 0.05) is 17.1 Å². The van der Waals surface area contributed by atoms with Gasteiger partial charge < -0.3 is 4.90 Å². The quantitative estimate of drug-likeness (QED) is 0.208. The minimum atomic E-state index is 1.13. The number of benzene rings is 8. The molecule has 0 fully saturated rings. The maximum atomic E-state index is 2.37. The van der Waals surface area contributed by atoms with Gasteiger partial charge in [0.25, 0.3) is 0 Å². The Labute approximate surface area is 239 Å². The lowest BCUT2D eigenvalue weighted by Crippen LogP contribution is -2.10. The van der Waals surface area contributed by atoms with E-state index in [2.05, 4.69) is 169 Å². The summed E-state index contributed by atoms with van der Waals surface area (Å²) in [6.45, 7) is 0. The summed E-state index contributed by atoms with van der Waals surface area (Å²) in [5.74, 6) is 0. The molecule has 0 spiro atoms. The van der Waals surface area contributed by atoms with Crippen LogP contribution in [-0.4, -0.2) is 0 Å². The molecule has 0 N–H and O–H groups in total. The summed E-state index contributed by atoms with van der Waals surface area (Å²) in [7, 11) is 0. The Hall–Kier alpha value is -5.40. The molecule has 41 heavy (non-hydrogen) atoms. The molecule has 8 rings (SSSR count). The van der Waals surface area contributed by atoms with Gasteiger partial charge in [-0.05, 0) is 90.6 Å². The van der Waals surface area contributed by atoms with Crippen molar-refractivity contribution in [1.82, 2.24) is 0 Å². The van der Waals surface area contributed by atoms with E-state index in [-0.39, 0.29) is 0 Å². The van der Waals surface area contributed by atoms with Crippen LogP contribution in [0.1, 0.15) is 0 Å². The Bertz CT molecular complexity index is 2190. The lowest BCUT2D eigenvalue weighted by molar-refractivity contribution is 1.29. The van der Waals surface area contributed by atoms with Crippen molar-refractivity contribution in [2.75, 3.05) is 4.90 Å². The van der Waals surface area contributed by atoms with Crippen molar-refractivity contribution in [2.45, 2.75) is 0 Å². The summed E-state index contributed by atoms with van der Waals surface area (Å²) in [5, 5.41) is 10.1. The van der Waals surface area contributed by atoms with Crippen LogP contribution in [0.3, 0.4) is 0 Å². The fraction of sp³-hybridized carbons (Fsp3) is 0. The topological polar surface area (TPSA) is 3.24 Å². The Morgan fingerprint density at radius 2 is 0.805 bits per heavy atom. The first-order chi connectivity index (χ1) is 20.3.